The fraction of sp³-hybridized carbons (Fsp3) is 0.611. The molecule has 2 fully saturated rings. The average molecular weight is 327 g/mol. The van der Waals surface area contributed by atoms with E-state index in [1.54, 1.807) is 10.7 Å². The summed E-state index contributed by atoms with van der Waals surface area (Å²) in [6.45, 7) is 3.10. The van der Waals surface area contributed by atoms with E-state index < -0.39 is 0 Å². The number of likely N-dealkylation sites (tertiary alicyclic amines) is 1. The van der Waals surface area contributed by atoms with Crippen LogP contribution >= 0.6 is 0 Å². The molecule has 2 aliphatic rings. The van der Waals surface area contributed by atoms with E-state index in [1.165, 1.54) is 45.1 Å². The Bertz CT molecular complexity index is 706. The second-order valence-corrected chi connectivity index (χ2v) is 7.14. The molecule has 1 saturated heterocycles. The molecule has 3 heterocycles. The summed E-state index contributed by atoms with van der Waals surface area (Å²) in [5, 5.41) is 11.0. The van der Waals surface area contributed by atoms with Crippen molar-refractivity contribution in [2.75, 3.05) is 19.6 Å². The van der Waals surface area contributed by atoms with Gasteiger partial charge >= 0.3 is 0 Å². The van der Waals surface area contributed by atoms with E-state index in [4.69, 9.17) is 0 Å². The van der Waals surface area contributed by atoms with E-state index in [-0.39, 0.29) is 5.91 Å². The standard InChI is InChI=1S/C18H25N5O/c24-18(16-8-4-10-23-13-20-21-17(16)23)19-11-14-5-3-9-22(12-14)15-6-1-2-7-15/h4,8,10,13-15H,1-3,5-7,9,11-12H2,(H,19,24). The van der Waals surface area contributed by atoms with Crippen molar-refractivity contribution in [1.29, 1.82) is 0 Å². The number of fused-ring (bicyclic) bond motifs is 1. The Balaban J connectivity index is 1.36. The van der Waals surface area contributed by atoms with Crippen LogP contribution in [0.5, 0.6) is 0 Å². The first-order valence-electron chi connectivity index (χ1n) is 9.12. The third kappa shape index (κ3) is 3.15. The number of hydrogen-bond donors (Lipinski definition) is 1. The van der Waals surface area contributed by atoms with Gasteiger partial charge in [0.2, 0.25) is 0 Å². The number of amides is 1. The fourth-order valence-corrected chi connectivity index (χ4v) is 4.23. The molecule has 6 heteroatoms. The summed E-state index contributed by atoms with van der Waals surface area (Å²) in [6.07, 6.45) is 11.4. The third-order valence-corrected chi connectivity index (χ3v) is 5.51. The van der Waals surface area contributed by atoms with Crippen LogP contribution in [0.25, 0.3) is 5.65 Å². The Hall–Kier alpha value is -1.95. The highest BCUT2D eigenvalue weighted by molar-refractivity contribution is 5.99. The van der Waals surface area contributed by atoms with Crippen LogP contribution in [0.1, 0.15) is 48.9 Å². The van der Waals surface area contributed by atoms with Crippen LogP contribution in [-0.4, -0.2) is 51.1 Å². The molecule has 1 amide bonds. The van der Waals surface area contributed by atoms with Gasteiger partial charge in [-0.25, -0.2) is 0 Å². The van der Waals surface area contributed by atoms with Crippen LogP contribution in [0.4, 0.5) is 0 Å². The highest BCUT2D eigenvalue weighted by Crippen LogP contribution is 2.27. The van der Waals surface area contributed by atoms with Gasteiger partial charge in [-0.1, -0.05) is 12.8 Å². The number of nitrogens with one attached hydrogen (secondary N) is 1. The molecule has 1 aliphatic heterocycles. The second-order valence-electron chi connectivity index (χ2n) is 7.14. The highest BCUT2D eigenvalue weighted by atomic mass is 16.1. The summed E-state index contributed by atoms with van der Waals surface area (Å²) in [7, 11) is 0. The van der Waals surface area contributed by atoms with Gasteiger partial charge in [0.1, 0.15) is 6.33 Å². The number of carbonyl (C=O) groups is 1. The van der Waals surface area contributed by atoms with Gasteiger partial charge in [-0.05, 0) is 50.3 Å². The number of hydrogen-bond acceptors (Lipinski definition) is 4. The molecule has 1 aliphatic carbocycles. The number of piperidine rings is 1. The molecular weight excluding hydrogens is 302 g/mol. The van der Waals surface area contributed by atoms with Gasteiger partial charge in [-0.2, -0.15) is 0 Å². The van der Waals surface area contributed by atoms with Crippen LogP contribution in [0.15, 0.2) is 24.7 Å². The molecule has 0 aromatic carbocycles. The van der Waals surface area contributed by atoms with E-state index in [0.29, 0.717) is 17.1 Å². The summed E-state index contributed by atoms with van der Waals surface area (Å²) in [6, 6.07) is 4.45. The number of aromatic nitrogens is 3. The third-order valence-electron chi connectivity index (χ3n) is 5.51. The molecule has 1 unspecified atom stereocenters. The average Bonchev–Trinajstić information content (AvgIpc) is 3.30. The van der Waals surface area contributed by atoms with E-state index in [2.05, 4.69) is 20.4 Å². The summed E-state index contributed by atoms with van der Waals surface area (Å²) < 4.78 is 1.78. The van der Waals surface area contributed by atoms with Gasteiger partial charge < -0.3 is 10.2 Å². The van der Waals surface area contributed by atoms with Crippen molar-refractivity contribution in [2.24, 2.45) is 5.92 Å². The SMILES string of the molecule is O=C(NCC1CCCN(C2CCCC2)C1)c1cccn2cnnc12. The molecule has 2 aromatic rings. The Kier molecular flexibility index (Phi) is 4.47. The largest absolute Gasteiger partial charge is 0.352 e. The van der Waals surface area contributed by atoms with Crippen LogP contribution in [-0.2, 0) is 0 Å². The molecular formula is C18H25N5O. The number of carbonyl (C=O) groups excluding carboxylic acids is 1. The minimum absolute atomic E-state index is 0.0495. The van der Waals surface area contributed by atoms with Crippen LogP contribution in [0.2, 0.25) is 0 Å². The van der Waals surface area contributed by atoms with Crippen LogP contribution in [0, 0.1) is 5.92 Å². The van der Waals surface area contributed by atoms with Gasteiger partial charge in [0.05, 0.1) is 5.56 Å². The van der Waals surface area contributed by atoms with Gasteiger partial charge in [0.25, 0.3) is 5.91 Å². The smallest absolute Gasteiger partial charge is 0.255 e. The van der Waals surface area contributed by atoms with Gasteiger partial charge in [0.15, 0.2) is 5.65 Å². The minimum atomic E-state index is -0.0495. The zero-order chi connectivity index (χ0) is 16.4. The molecule has 2 aromatic heterocycles. The lowest BCUT2D eigenvalue weighted by molar-refractivity contribution is 0.0914. The molecule has 24 heavy (non-hydrogen) atoms. The quantitative estimate of drug-likeness (QED) is 0.934. The maximum Gasteiger partial charge on any atom is 0.255 e. The first-order valence-corrected chi connectivity index (χ1v) is 9.12. The van der Waals surface area contributed by atoms with Crippen LogP contribution in [0.3, 0.4) is 0 Å². The van der Waals surface area contributed by atoms with Crippen molar-refractivity contribution >= 4 is 11.6 Å². The molecule has 1 N–H and O–H groups in total. The van der Waals surface area contributed by atoms with Crippen molar-refractivity contribution in [2.45, 2.75) is 44.6 Å². The lowest BCUT2D eigenvalue weighted by atomic mass is 9.96. The molecule has 0 radical (unpaired) electrons. The fourth-order valence-electron chi connectivity index (χ4n) is 4.23. The number of pyridine rings is 1. The Morgan fingerprint density at radius 1 is 1.25 bits per heavy atom. The molecule has 6 nitrogen and oxygen atoms in total. The van der Waals surface area contributed by atoms with E-state index in [0.717, 1.165) is 19.1 Å². The van der Waals surface area contributed by atoms with Crippen molar-refractivity contribution in [1.82, 2.24) is 24.8 Å². The Morgan fingerprint density at radius 2 is 2.12 bits per heavy atom. The molecule has 1 saturated carbocycles. The topological polar surface area (TPSA) is 62.5 Å². The number of nitrogens with zero attached hydrogens (tertiary/aromatic N) is 4. The maximum atomic E-state index is 12.5. The highest BCUT2D eigenvalue weighted by Gasteiger charge is 2.28. The summed E-state index contributed by atoms with van der Waals surface area (Å²) >= 11 is 0. The van der Waals surface area contributed by atoms with E-state index >= 15 is 0 Å². The summed E-state index contributed by atoms with van der Waals surface area (Å²) in [4.78, 5) is 15.2. The summed E-state index contributed by atoms with van der Waals surface area (Å²) in [5.74, 6) is 0.507. The molecule has 4 rings (SSSR count). The van der Waals surface area contributed by atoms with Crippen molar-refractivity contribution in [3.8, 4) is 0 Å². The van der Waals surface area contributed by atoms with Crippen molar-refractivity contribution < 1.29 is 4.79 Å². The molecule has 1 atom stereocenters. The van der Waals surface area contributed by atoms with Gasteiger partial charge in [-0.3, -0.25) is 9.20 Å². The zero-order valence-corrected chi connectivity index (χ0v) is 14.0. The predicted molar refractivity (Wildman–Crippen MR) is 91.9 cm³/mol. The Morgan fingerprint density at radius 3 is 3.00 bits per heavy atom. The Labute approximate surface area is 142 Å². The van der Waals surface area contributed by atoms with Crippen molar-refractivity contribution in [3.63, 3.8) is 0 Å². The summed E-state index contributed by atoms with van der Waals surface area (Å²) in [5.41, 5.74) is 1.21. The normalized spacial score (nSPS) is 22.9. The van der Waals surface area contributed by atoms with E-state index in [1.807, 2.05) is 18.3 Å². The van der Waals surface area contributed by atoms with Crippen LogP contribution < -0.4 is 5.32 Å². The lowest BCUT2D eigenvalue weighted by Crippen LogP contribution is -2.44. The second kappa shape index (κ2) is 6.89. The van der Waals surface area contributed by atoms with Crippen molar-refractivity contribution in [3.05, 3.63) is 30.2 Å². The molecule has 128 valence electrons. The minimum Gasteiger partial charge on any atom is -0.352 e. The zero-order valence-electron chi connectivity index (χ0n) is 14.0. The monoisotopic (exact) mass is 327 g/mol. The number of rotatable bonds is 4. The van der Waals surface area contributed by atoms with Gasteiger partial charge in [-0.15, -0.1) is 10.2 Å². The molecule has 0 spiro atoms. The lowest BCUT2D eigenvalue weighted by Gasteiger charge is -2.36. The van der Waals surface area contributed by atoms with Gasteiger partial charge in [0, 0.05) is 25.3 Å². The first kappa shape index (κ1) is 15.6. The first-order chi connectivity index (χ1) is 11.8. The van der Waals surface area contributed by atoms with E-state index in [9.17, 15) is 4.79 Å². The predicted octanol–water partition coefficient (Wildman–Crippen LogP) is 2.11. The molecule has 0 bridgehead atoms. The maximum absolute atomic E-state index is 12.5.